The molecule has 1 aliphatic heterocycles. The molecule has 2 aromatic heterocycles. The first-order valence-corrected chi connectivity index (χ1v) is 12.8. The Morgan fingerprint density at radius 3 is 2.26 bits per heavy atom. The topological polar surface area (TPSA) is 139 Å². The standard InChI is InChI=1S/C23H28F3N7O4S/c1-12-15(18(35)32-31-17(34)14-6-9-27-19(29-14)23(24,25)26)16(30-20(28-12)38-5)13-7-10-33(11-8-13)21(36)37-22(2,3)4/h6,9,13H,7-8,10-11H2,1-5H3,(H,31,34)(H,32,35). The van der Waals surface area contributed by atoms with Gasteiger partial charge in [0.1, 0.15) is 11.3 Å². The first kappa shape index (κ1) is 29.1. The van der Waals surface area contributed by atoms with Crippen LogP contribution in [0.25, 0.3) is 0 Å². The third kappa shape index (κ3) is 7.30. The van der Waals surface area contributed by atoms with Crippen molar-refractivity contribution in [3.05, 3.63) is 40.7 Å². The van der Waals surface area contributed by atoms with Crippen molar-refractivity contribution in [3.8, 4) is 0 Å². The van der Waals surface area contributed by atoms with E-state index in [9.17, 15) is 27.6 Å². The third-order valence-electron chi connectivity index (χ3n) is 5.47. The van der Waals surface area contributed by atoms with E-state index in [1.165, 1.54) is 11.8 Å². The summed E-state index contributed by atoms with van der Waals surface area (Å²) in [5.74, 6) is -3.46. The summed E-state index contributed by atoms with van der Waals surface area (Å²) >= 11 is 1.30. The van der Waals surface area contributed by atoms with E-state index in [1.54, 1.807) is 38.9 Å². The fourth-order valence-electron chi connectivity index (χ4n) is 3.76. The fourth-order valence-corrected chi connectivity index (χ4v) is 4.18. The van der Waals surface area contributed by atoms with E-state index >= 15 is 0 Å². The zero-order chi connectivity index (χ0) is 28.3. The Labute approximate surface area is 221 Å². The Hall–Kier alpha value is -3.49. The lowest BCUT2D eigenvalue weighted by atomic mass is 9.90. The second kappa shape index (κ2) is 11.5. The minimum Gasteiger partial charge on any atom is -0.444 e. The number of carbonyl (C=O) groups is 3. The Morgan fingerprint density at radius 2 is 1.68 bits per heavy atom. The molecule has 1 aliphatic rings. The van der Waals surface area contributed by atoms with Crippen LogP contribution in [-0.4, -0.2) is 67.7 Å². The van der Waals surface area contributed by atoms with Crippen LogP contribution < -0.4 is 10.9 Å². The van der Waals surface area contributed by atoms with Crippen LogP contribution in [0.4, 0.5) is 18.0 Å². The first-order chi connectivity index (χ1) is 17.7. The van der Waals surface area contributed by atoms with Gasteiger partial charge in [-0.1, -0.05) is 11.8 Å². The second-order valence-corrected chi connectivity index (χ2v) is 10.2. The first-order valence-electron chi connectivity index (χ1n) is 11.6. The number of nitrogens with zero attached hydrogens (tertiary/aromatic N) is 5. The largest absolute Gasteiger partial charge is 0.451 e. The molecule has 11 nitrogen and oxygen atoms in total. The SMILES string of the molecule is CSc1nc(C)c(C(=O)NNC(=O)c2ccnc(C(F)(F)F)n2)c(C2CCN(C(=O)OC(C)(C)C)CC2)n1. The molecule has 206 valence electrons. The minimum absolute atomic E-state index is 0.137. The summed E-state index contributed by atoms with van der Waals surface area (Å²) < 4.78 is 44.0. The number of aryl methyl sites for hydroxylation is 1. The van der Waals surface area contributed by atoms with Crippen molar-refractivity contribution in [1.29, 1.82) is 0 Å². The third-order valence-corrected chi connectivity index (χ3v) is 6.02. The van der Waals surface area contributed by atoms with Gasteiger partial charge in [0.2, 0.25) is 5.82 Å². The van der Waals surface area contributed by atoms with Gasteiger partial charge < -0.3 is 9.64 Å². The molecule has 0 unspecified atom stereocenters. The summed E-state index contributed by atoms with van der Waals surface area (Å²) in [7, 11) is 0. The molecule has 38 heavy (non-hydrogen) atoms. The summed E-state index contributed by atoms with van der Waals surface area (Å²) in [5, 5.41) is 0.452. The Balaban J connectivity index is 1.76. The van der Waals surface area contributed by atoms with Gasteiger partial charge in [0.15, 0.2) is 5.16 Å². The highest BCUT2D eigenvalue weighted by molar-refractivity contribution is 7.98. The molecule has 0 spiro atoms. The molecule has 0 atom stereocenters. The van der Waals surface area contributed by atoms with Gasteiger partial charge in [0.05, 0.1) is 17.0 Å². The molecule has 1 saturated heterocycles. The van der Waals surface area contributed by atoms with Gasteiger partial charge in [0.25, 0.3) is 11.8 Å². The lowest BCUT2D eigenvalue weighted by Crippen LogP contribution is -2.44. The molecule has 2 N–H and O–H groups in total. The van der Waals surface area contributed by atoms with Crippen LogP contribution in [0.15, 0.2) is 17.4 Å². The monoisotopic (exact) mass is 555 g/mol. The number of likely N-dealkylation sites (tertiary alicyclic amines) is 1. The maximum atomic E-state index is 13.1. The number of rotatable bonds is 4. The van der Waals surface area contributed by atoms with Crippen LogP contribution in [0.5, 0.6) is 0 Å². The van der Waals surface area contributed by atoms with Gasteiger partial charge in [-0.25, -0.2) is 24.7 Å². The van der Waals surface area contributed by atoms with Crippen LogP contribution in [0, 0.1) is 6.92 Å². The van der Waals surface area contributed by atoms with Gasteiger partial charge in [-0.05, 0) is 52.9 Å². The zero-order valence-electron chi connectivity index (χ0n) is 21.5. The number of thioether (sulfide) groups is 1. The maximum absolute atomic E-state index is 13.1. The average molecular weight is 556 g/mol. The zero-order valence-corrected chi connectivity index (χ0v) is 22.3. The quantitative estimate of drug-likeness (QED) is 0.330. The van der Waals surface area contributed by atoms with Crippen LogP contribution in [0.1, 0.15) is 77.6 Å². The van der Waals surface area contributed by atoms with Crippen molar-refractivity contribution in [2.45, 2.75) is 63.4 Å². The molecular formula is C23H28F3N7O4S. The molecule has 1 fully saturated rings. The molecule has 0 aromatic carbocycles. The number of alkyl halides is 3. The minimum atomic E-state index is -4.83. The van der Waals surface area contributed by atoms with Crippen LogP contribution in [-0.2, 0) is 10.9 Å². The van der Waals surface area contributed by atoms with Crippen LogP contribution in [0.2, 0.25) is 0 Å². The number of piperidine rings is 1. The highest BCUT2D eigenvalue weighted by Gasteiger charge is 2.35. The molecule has 3 heterocycles. The van der Waals surface area contributed by atoms with Crippen molar-refractivity contribution in [2.24, 2.45) is 0 Å². The lowest BCUT2D eigenvalue weighted by molar-refractivity contribution is -0.145. The van der Waals surface area contributed by atoms with Gasteiger partial charge >= 0.3 is 12.3 Å². The smallest absolute Gasteiger partial charge is 0.444 e. The van der Waals surface area contributed by atoms with Crippen LogP contribution >= 0.6 is 11.8 Å². The van der Waals surface area contributed by atoms with Crippen molar-refractivity contribution in [2.75, 3.05) is 19.3 Å². The molecular weight excluding hydrogens is 527 g/mol. The summed E-state index contributed by atoms with van der Waals surface area (Å²) in [6, 6.07) is 0.988. The van der Waals surface area contributed by atoms with Crippen molar-refractivity contribution in [3.63, 3.8) is 0 Å². The number of amides is 3. The number of halogens is 3. The molecule has 3 rings (SSSR count). The summed E-state index contributed by atoms with van der Waals surface area (Å²) in [6.07, 6.45) is -1.64. The molecule has 0 bridgehead atoms. The normalized spacial score (nSPS) is 14.7. The fraction of sp³-hybridized carbons (Fsp3) is 0.522. The van der Waals surface area contributed by atoms with Gasteiger partial charge in [-0.15, -0.1) is 0 Å². The average Bonchev–Trinajstić information content (AvgIpc) is 2.85. The predicted molar refractivity (Wildman–Crippen MR) is 130 cm³/mol. The highest BCUT2D eigenvalue weighted by Crippen LogP contribution is 2.32. The number of carbonyl (C=O) groups excluding carboxylic acids is 3. The lowest BCUT2D eigenvalue weighted by Gasteiger charge is -2.33. The maximum Gasteiger partial charge on any atom is 0.451 e. The van der Waals surface area contributed by atoms with E-state index in [0.29, 0.717) is 42.5 Å². The number of nitrogens with one attached hydrogen (secondary N) is 2. The highest BCUT2D eigenvalue weighted by atomic mass is 32.2. The van der Waals surface area contributed by atoms with Crippen LogP contribution in [0.3, 0.4) is 0 Å². The van der Waals surface area contributed by atoms with E-state index in [1.807, 2.05) is 0 Å². The Morgan fingerprint density at radius 1 is 1.05 bits per heavy atom. The number of hydrogen-bond donors (Lipinski definition) is 2. The predicted octanol–water partition coefficient (Wildman–Crippen LogP) is 3.51. The van der Waals surface area contributed by atoms with Gasteiger partial charge in [-0.3, -0.25) is 20.4 Å². The number of aromatic nitrogens is 4. The Bertz CT molecular complexity index is 1210. The van der Waals surface area contributed by atoms with E-state index < -0.39 is 41.2 Å². The summed E-state index contributed by atoms with van der Waals surface area (Å²) in [5.41, 5.74) is 4.05. The van der Waals surface area contributed by atoms with Gasteiger partial charge in [0, 0.05) is 25.2 Å². The summed E-state index contributed by atoms with van der Waals surface area (Å²) in [4.78, 5) is 54.7. The molecule has 15 heteroatoms. The molecule has 2 aromatic rings. The number of hydrogen-bond acceptors (Lipinski definition) is 9. The molecule has 0 saturated carbocycles. The van der Waals surface area contributed by atoms with Crippen molar-refractivity contribution >= 4 is 29.7 Å². The Kier molecular flexibility index (Phi) is 8.79. The van der Waals surface area contributed by atoms with Crippen molar-refractivity contribution in [1.82, 2.24) is 35.7 Å². The second-order valence-electron chi connectivity index (χ2n) is 9.47. The molecule has 3 amide bonds. The summed E-state index contributed by atoms with van der Waals surface area (Å²) in [6.45, 7) is 7.77. The molecule has 0 radical (unpaired) electrons. The number of hydrazine groups is 1. The van der Waals surface area contributed by atoms with E-state index in [-0.39, 0.29) is 11.5 Å². The van der Waals surface area contributed by atoms with E-state index in [0.717, 1.165) is 12.3 Å². The van der Waals surface area contributed by atoms with E-state index in [2.05, 4.69) is 30.8 Å². The van der Waals surface area contributed by atoms with Crippen molar-refractivity contribution < 1.29 is 32.3 Å². The molecule has 0 aliphatic carbocycles. The van der Waals surface area contributed by atoms with E-state index in [4.69, 9.17) is 4.74 Å². The number of ether oxygens (including phenoxy) is 1. The van der Waals surface area contributed by atoms with Gasteiger partial charge in [-0.2, -0.15) is 13.2 Å².